The van der Waals surface area contributed by atoms with Crippen LogP contribution in [0, 0.1) is 5.82 Å². The number of hydrogen-bond acceptors (Lipinski definition) is 4. The number of amides is 1. The molecule has 2 aliphatic rings. The van der Waals surface area contributed by atoms with E-state index in [1.165, 1.54) is 6.07 Å². The fraction of sp³-hybridized carbons (Fsp3) is 0.368. The van der Waals surface area contributed by atoms with Crippen molar-refractivity contribution in [2.45, 2.75) is 25.5 Å². The van der Waals surface area contributed by atoms with Crippen LogP contribution in [0.2, 0.25) is 0 Å². The number of ether oxygens (including phenoxy) is 2. The molecule has 130 valence electrons. The molecule has 0 aliphatic carbocycles. The van der Waals surface area contributed by atoms with Gasteiger partial charge >= 0.3 is 0 Å². The average Bonchev–Trinajstić information content (AvgIpc) is 3.14. The molecule has 1 aromatic carbocycles. The summed E-state index contributed by atoms with van der Waals surface area (Å²) in [5.41, 5.74) is 2.52. The van der Waals surface area contributed by atoms with Gasteiger partial charge in [-0.2, -0.15) is 0 Å². The SMILES string of the molecule is O=C(c1ccnc(O[C@H]2CCOC2)c1)N1CCc2cc(F)ccc2C1. The van der Waals surface area contributed by atoms with Gasteiger partial charge in [-0.1, -0.05) is 6.07 Å². The van der Waals surface area contributed by atoms with Gasteiger partial charge in [0, 0.05) is 37.3 Å². The number of halogens is 1. The zero-order valence-electron chi connectivity index (χ0n) is 13.8. The molecule has 1 atom stereocenters. The Labute approximate surface area is 145 Å². The van der Waals surface area contributed by atoms with Crippen LogP contribution in [0.15, 0.2) is 36.5 Å². The number of fused-ring (bicyclic) bond motifs is 1. The van der Waals surface area contributed by atoms with Crippen molar-refractivity contribution in [3.63, 3.8) is 0 Å². The van der Waals surface area contributed by atoms with E-state index in [1.54, 1.807) is 35.4 Å². The highest BCUT2D eigenvalue weighted by molar-refractivity contribution is 5.94. The van der Waals surface area contributed by atoms with E-state index in [-0.39, 0.29) is 17.8 Å². The Bertz CT molecular complexity index is 790. The van der Waals surface area contributed by atoms with Crippen molar-refractivity contribution in [3.05, 3.63) is 59.0 Å². The van der Waals surface area contributed by atoms with E-state index in [0.717, 1.165) is 17.5 Å². The van der Waals surface area contributed by atoms with Crippen LogP contribution in [0.3, 0.4) is 0 Å². The molecular formula is C19H19FN2O3. The second-order valence-electron chi connectivity index (χ2n) is 6.38. The summed E-state index contributed by atoms with van der Waals surface area (Å²) in [5.74, 6) is 0.149. The summed E-state index contributed by atoms with van der Waals surface area (Å²) in [6.07, 6.45) is 3.08. The molecule has 2 aliphatic heterocycles. The van der Waals surface area contributed by atoms with Crippen molar-refractivity contribution in [1.82, 2.24) is 9.88 Å². The molecule has 1 amide bonds. The number of hydrogen-bond donors (Lipinski definition) is 0. The van der Waals surface area contributed by atoms with Gasteiger partial charge < -0.3 is 14.4 Å². The summed E-state index contributed by atoms with van der Waals surface area (Å²) in [6.45, 7) is 2.31. The molecule has 0 unspecified atom stereocenters. The van der Waals surface area contributed by atoms with Crippen molar-refractivity contribution in [1.29, 1.82) is 0 Å². The van der Waals surface area contributed by atoms with E-state index in [2.05, 4.69) is 4.98 Å². The number of carbonyl (C=O) groups is 1. The zero-order valence-corrected chi connectivity index (χ0v) is 13.8. The van der Waals surface area contributed by atoms with Gasteiger partial charge in [0.25, 0.3) is 5.91 Å². The Morgan fingerprint density at radius 3 is 3.04 bits per heavy atom. The van der Waals surface area contributed by atoms with Crippen LogP contribution in [0.1, 0.15) is 27.9 Å². The topological polar surface area (TPSA) is 51.7 Å². The molecule has 0 radical (unpaired) electrons. The number of pyridine rings is 1. The lowest BCUT2D eigenvalue weighted by atomic mass is 9.99. The molecule has 0 spiro atoms. The summed E-state index contributed by atoms with van der Waals surface area (Å²) >= 11 is 0. The number of rotatable bonds is 3. The van der Waals surface area contributed by atoms with Crippen LogP contribution in [-0.4, -0.2) is 41.7 Å². The molecular weight excluding hydrogens is 323 g/mol. The predicted molar refractivity (Wildman–Crippen MR) is 88.9 cm³/mol. The van der Waals surface area contributed by atoms with Gasteiger partial charge in [0.05, 0.1) is 13.2 Å². The van der Waals surface area contributed by atoms with Crippen LogP contribution < -0.4 is 4.74 Å². The summed E-state index contributed by atoms with van der Waals surface area (Å²) in [7, 11) is 0. The monoisotopic (exact) mass is 342 g/mol. The minimum absolute atomic E-state index is 0.00499. The molecule has 2 aromatic rings. The second-order valence-corrected chi connectivity index (χ2v) is 6.38. The van der Waals surface area contributed by atoms with E-state index < -0.39 is 0 Å². The van der Waals surface area contributed by atoms with Gasteiger partial charge in [-0.05, 0) is 35.7 Å². The maximum atomic E-state index is 13.3. The van der Waals surface area contributed by atoms with Crippen LogP contribution in [0.4, 0.5) is 4.39 Å². The number of aromatic nitrogens is 1. The molecule has 1 saturated heterocycles. The standard InChI is InChI=1S/C19H19FN2O3/c20-16-2-1-15-11-22(7-4-13(15)9-16)19(23)14-3-6-21-18(10-14)25-17-5-8-24-12-17/h1-3,6,9-10,17H,4-5,7-8,11-12H2/t17-/m0/s1. The third-order valence-electron chi connectivity index (χ3n) is 4.62. The van der Waals surface area contributed by atoms with Crippen LogP contribution in [-0.2, 0) is 17.7 Å². The van der Waals surface area contributed by atoms with E-state index in [9.17, 15) is 9.18 Å². The molecule has 25 heavy (non-hydrogen) atoms. The molecule has 5 nitrogen and oxygen atoms in total. The average molecular weight is 342 g/mol. The molecule has 0 saturated carbocycles. The Morgan fingerprint density at radius 1 is 1.28 bits per heavy atom. The molecule has 1 fully saturated rings. The van der Waals surface area contributed by atoms with Crippen LogP contribution in [0.25, 0.3) is 0 Å². The molecule has 1 aromatic heterocycles. The Hall–Kier alpha value is -2.47. The highest BCUT2D eigenvalue weighted by atomic mass is 19.1. The van der Waals surface area contributed by atoms with Gasteiger partial charge in [0.1, 0.15) is 11.9 Å². The summed E-state index contributed by atoms with van der Waals surface area (Å²) in [5, 5.41) is 0. The third-order valence-corrected chi connectivity index (χ3v) is 4.62. The maximum Gasteiger partial charge on any atom is 0.254 e. The van der Waals surface area contributed by atoms with Crippen molar-refractivity contribution in [2.75, 3.05) is 19.8 Å². The van der Waals surface area contributed by atoms with Gasteiger partial charge in [-0.3, -0.25) is 4.79 Å². The second kappa shape index (κ2) is 6.80. The normalized spacial score (nSPS) is 19.6. The van der Waals surface area contributed by atoms with Gasteiger partial charge in [-0.15, -0.1) is 0 Å². The minimum atomic E-state index is -0.231. The quantitative estimate of drug-likeness (QED) is 0.860. The highest BCUT2D eigenvalue weighted by Gasteiger charge is 2.23. The lowest BCUT2D eigenvalue weighted by molar-refractivity contribution is 0.0733. The zero-order chi connectivity index (χ0) is 17.2. The lowest BCUT2D eigenvalue weighted by Gasteiger charge is -2.29. The summed E-state index contributed by atoms with van der Waals surface area (Å²) in [4.78, 5) is 18.8. The molecule has 0 bridgehead atoms. The van der Waals surface area contributed by atoms with Gasteiger partial charge in [0.15, 0.2) is 0 Å². The minimum Gasteiger partial charge on any atom is -0.472 e. The smallest absolute Gasteiger partial charge is 0.254 e. The van der Waals surface area contributed by atoms with E-state index in [0.29, 0.717) is 44.2 Å². The van der Waals surface area contributed by atoms with Gasteiger partial charge in [0.2, 0.25) is 5.88 Å². The van der Waals surface area contributed by atoms with Crippen molar-refractivity contribution < 1.29 is 18.7 Å². The molecule has 0 N–H and O–H groups in total. The van der Waals surface area contributed by atoms with Crippen LogP contribution in [0.5, 0.6) is 5.88 Å². The van der Waals surface area contributed by atoms with Gasteiger partial charge in [-0.25, -0.2) is 9.37 Å². The Kier molecular flexibility index (Phi) is 4.36. The lowest BCUT2D eigenvalue weighted by Crippen LogP contribution is -2.36. The fourth-order valence-corrected chi connectivity index (χ4v) is 3.26. The van der Waals surface area contributed by atoms with E-state index in [1.807, 2.05) is 0 Å². The first-order valence-electron chi connectivity index (χ1n) is 8.46. The summed E-state index contributed by atoms with van der Waals surface area (Å²) in [6, 6.07) is 8.13. The first-order chi connectivity index (χ1) is 12.2. The molecule has 6 heteroatoms. The van der Waals surface area contributed by atoms with Crippen molar-refractivity contribution in [3.8, 4) is 5.88 Å². The maximum absolute atomic E-state index is 13.3. The number of benzene rings is 1. The molecule has 3 heterocycles. The number of nitrogens with zero attached hydrogens (tertiary/aromatic N) is 2. The fourth-order valence-electron chi connectivity index (χ4n) is 3.26. The Balaban J connectivity index is 1.48. The van der Waals surface area contributed by atoms with E-state index >= 15 is 0 Å². The van der Waals surface area contributed by atoms with Crippen molar-refractivity contribution in [2.24, 2.45) is 0 Å². The summed E-state index contributed by atoms with van der Waals surface area (Å²) < 4.78 is 24.4. The highest BCUT2D eigenvalue weighted by Crippen LogP contribution is 2.23. The Morgan fingerprint density at radius 2 is 2.20 bits per heavy atom. The largest absolute Gasteiger partial charge is 0.472 e. The molecule has 4 rings (SSSR count). The van der Waals surface area contributed by atoms with E-state index in [4.69, 9.17) is 9.47 Å². The first kappa shape index (κ1) is 16.0. The van der Waals surface area contributed by atoms with Crippen molar-refractivity contribution >= 4 is 5.91 Å². The third kappa shape index (κ3) is 3.49. The van der Waals surface area contributed by atoms with Crippen LogP contribution >= 0.6 is 0 Å². The number of carbonyl (C=O) groups excluding carboxylic acids is 1. The predicted octanol–water partition coefficient (Wildman–Crippen LogP) is 2.59. The first-order valence-corrected chi connectivity index (χ1v) is 8.46.